The minimum absolute atomic E-state index is 0.0888. The monoisotopic (exact) mass is 317 g/mol. The van der Waals surface area contributed by atoms with Crippen LogP contribution < -0.4 is 9.47 Å². The maximum atomic E-state index is 6.23. The van der Waals surface area contributed by atoms with Crippen molar-refractivity contribution in [3.8, 4) is 11.5 Å². The van der Waals surface area contributed by atoms with Crippen LogP contribution in [-0.2, 0) is 13.6 Å². The van der Waals surface area contributed by atoms with Crippen LogP contribution in [0, 0.1) is 0 Å². The van der Waals surface area contributed by atoms with Gasteiger partial charge in [0.25, 0.3) is 0 Å². The van der Waals surface area contributed by atoms with Gasteiger partial charge in [-0.05, 0) is 37.3 Å². The van der Waals surface area contributed by atoms with E-state index in [1.54, 1.807) is 11.8 Å². The quantitative estimate of drug-likeness (QED) is 0.862. The van der Waals surface area contributed by atoms with Crippen molar-refractivity contribution in [3.63, 3.8) is 0 Å². The summed E-state index contributed by atoms with van der Waals surface area (Å²) in [6, 6.07) is 6.07. The Bertz CT molecular complexity index is 698. The number of hydrogen-bond acceptors (Lipinski definition) is 6. The highest BCUT2D eigenvalue weighted by Gasteiger charge is 2.33. The molecule has 0 radical (unpaired) electrons. The molecule has 0 saturated heterocycles. The highest BCUT2D eigenvalue weighted by molar-refractivity contribution is 5.41. The summed E-state index contributed by atoms with van der Waals surface area (Å²) in [4.78, 5) is 2.34. The van der Waals surface area contributed by atoms with Crippen LogP contribution in [0.15, 0.2) is 18.2 Å². The number of benzene rings is 1. The van der Waals surface area contributed by atoms with Gasteiger partial charge in [-0.2, -0.15) is 0 Å². The molecule has 0 spiro atoms. The van der Waals surface area contributed by atoms with Gasteiger partial charge >= 0.3 is 0 Å². The second-order valence-corrected chi connectivity index (χ2v) is 6.58. The maximum Gasteiger partial charge on any atom is 0.167 e. The molecule has 1 aromatic heterocycles. The number of fused-ring (bicyclic) bond motifs is 1. The summed E-state index contributed by atoms with van der Waals surface area (Å²) in [5, 5.41) is 11.8. The number of ether oxygens (including phenoxy) is 2. The first-order valence-electron chi connectivity index (χ1n) is 7.72. The molecule has 1 aliphatic rings. The van der Waals surface area contributed by atoms with Crippen molar-refractivity contribution in [1.82, 2.24) is 25.1 Å². The molecule has 1 unspecified atom stereocenters. The topological polar surface area (TPSA) is 65.3 Å². The Kier molecular flexibility index (Phi) is 3.97. The molecule has 1 aliphatic heterocycles. The number of nitrogens with zero attached hydrogens (tertiary/aromatic N) is 5. The minimum atomic E-state index is -0.322. The van der Waals surface area contributed by atoms with Crippen LogP contribution in [0.3, 0.4) is 0 Å². The molecular weight excluding hydrogens is 294 g/mol. The molecule has 1 aromatic carbocycles. The molecule has 0 saturated carbocycles. The van der Waals surface area contributed by atoms with Gasteiger partial charge in [0, 0.05) is 31.8 Å². The average Bonchev–Trinajstić information content (AvgIpc) is 2.86. The lowest BCUT2D eigenvalue weighted by Gasteiger charge is -2.32. The van der Waals surface area contributed by atoms with E-state index in [1.165, 1.54) is 0 Å². The number of methoxy groups -OCH3 is 1. The SMILES string of the molecule is COc1ccc2c(c1)OC(C)(C)CN(C(C)c1nnnn1C)C2. The number of rotatable bonds is 3. The summed E-state index contributed by atoms with van der Waals surface area (Å²) in [5.41, 5.74) is 0.816. The van der Waals surface area contributed by atoms with E-state index in [2.05, 4.69) is 47.3 Å². The van der Waals surface area contributed by atoms with E-state index in [4.69, 9.17) is 9.47 Å². The van der Waals surface area contributed by atoms with Crippen LogP contribution in [0.2, 0.25) is 0 Å². The zero-order valence-corrected chi connectivity index (χ0v) is 14.3. The van der Waals surface area contributed by atoms with E-state index in [-0.39, 0.29) is 11.6 Å². The second-order valence-electron chi connectivity index (χ2n) is 6.58. The van der Waals surface area contributed by atoms with E-state index in [0.29, 0.717) is 0 Å². The van der Waals surface area contributed by atoms with Crippen molar-refractivity contribution >= 4 is 0 Å². The van der Waals surface area contributed by atoms with Crippen molar-refractivity contribution in [3.05, 3.63) is 29.6 Å². The number of aromatic nitrogens is 4. The molecule has 2 heterocycles. The lowest BCUT2D eigenvalue weighted by atomic mass is 10.1. The Hall–Kier alpha value is -2.15. The van der Waals surface area contributed by atoms with Gasteiger partial charge in [0.05, 0.1) is 13.2 Å². The van der Waals surface area contributed by atoms with Crippen LogP contribution in [0.25, 0.3) is 0 Å². The fourth-order valence-electron chi connectivity index (χ4n) is 3.01. The summed E-state index contributed by atoms with van der Waals surface area (Å²) in [6.45, 7) is 7.86. The van der Waals surface area contributed by atoms with E-state index in [0.717, 1.165) is 36.0 Å². The third kappa shape index (κ3) is 3.14. The Morgan fingerprint density at radius 1 is 1.35 bits per heavy atom. The summed E-state index contributed by atoms with van der Waals surface area (Å²) >= 11 is 0. The lowest BCUT2D eigenvalue weighted by Crippen LogP contribution is -2.42. The molecule has 0 N–H and O–H groups in total. The number of hydrogen-bond donors (Lipinski definition) is 0. The van der Waals surface area contributed by atoms with Crippen LogP contribution in [0.1, 0.15) is 38.2 Å². The van der Waals surface area contributed by atoms with Gasteiger partial charge in [-0.1, -0.05) is 6.07 Å². The van der Waals surface area contributed by atoms with E-state index >= 15 is 0 Å². The van der Waals surface area contributed by atoms with Crippen molar-refractivity contribution < 1.29 is 9.47 Å². The lowest BCUT2D eigenvalue weighted by molar-refractivity contribution is 0.0529. The van der Waals surface area contributed by atoms with Crippen LogP contribution >= 0.6 is 0 Å². The highest BCUT2D eigenvalue weighted by Crippen LogP contribution is 2.35. The van der Waals surface area contributed by atoms with Gasteiger partial charge in [0.1, 0.15) is 17.1 Å². The third-order valence-corrected chi connectivity index (χ3v) is 4.19. The Labute approximate surface area is 136 Å². The van der Waals surface area contributed by atoms with Gasteiger partial charge < -0.3 is 9.47 Å². The molecule has 0 bridgehead atoms. The predicted molar refractivity (Wildman–Crippen MR) is 85.3 cm³/mol. The maximum absolute atomic E-state index is 6.23. The molecule has 0 amide bonds. The first-order chi connectivity index (χ1) is 10.9. The molecule has 2 aromatic rings. The van der Waals surface area contributed by atoms with E-state index < -0.39 is 0 Å². The summed E-state index contributed by atoms with van der Waals surface area (Å²) in [7, 11) is 3.53. The van der Waals surface area contributed by atoms with Gasteiger partial charge in [0.2, 0.25) is 0 Å². The average molecular weight is 317 g/mol. The number of tetrazole rings is 1. The largest absolute Gasteiger partial charge is 0.497 e. The standard InChI is InChI=1S/C16H23N5O2/c1-11(15-17-18-19-20(15)4)21-9-12-6-7-13(22-5)8-14(12)23-16(2,3)10-21/h6-8,11H,9-10H2,1-5H3. The van der Waals surface area contributed by atoms with Gasteiger partial charge in [0.15, 0.2) is 5.82 Å². The van der Waals surface area contributed by atoms with Crippen LogP contribution in [-0.4, -0.2) is 44.4 Å². The normalized spacial score (nSPS) is 18.7. The Balaban J connectivity index is 1.95. The molecule has 7 heteroatoms. The smallest absolute Gasteiger partial charge is 0.167 e. The van der Waals surface area contributed by atoms with Crippen molar-refractivity contribution in [2.45, 2.75) is 39.0 Å². The fraction of sp³-hybridized carbons (Fsp3) is 0.562. The number of aryl methyl sites for hydroxylation is 1. The third-order valence-electron chi connectivity index (χ3n) is 4.19. The van der Waals surface area contributed by atoms with Crippen molar-refractivity contribution in [1.29, 1.82) is 0 Å². The Morgan fingerprint density at radius 2 is 2.13 bits per heavy atom. The molecule has 0 fully saturated rings. The molecule has 124 valence electrons. The first-order valence-corrected chi connectivity index (χ1v) is 7.72. The van der Waals surface area contributed by atoms with Crippen LogP contribution in [0.5, 0.6) is 11.5 Å². The van der Waals surface area contributed by atoms with E-state index in [1.807, 2.05) is 19.2 Å². The molecular formula is C16H23N5O2. The summed E-state index contributed by atoms with van der Waals surface area (Å²) < 4.78 is 13.3. The predicted octanol–water partition coefficient (Wildman–Crippen LogP) is 1.95. The molecule has 0 aliphatic carbocycles. The summed E-state index contributed by atoms with van der Waals surface area (Å²) in [6.07, 6.45) is 0. The van der Waals surface area contributed by atoms with Crippen molar-refractivity contribution in [2.24, 2.45) is 7.05 Å². The highest BCUT2D eigenvalue weighted by atomic mass is 16.5. The summed E-state index contributed by atoms with van der Waals surface area (Å²) in [5.74, 6) is 2.52. The van der Waals surface area contributed by atoms with Crippen molar-refractivity contribution in [2.75, 3.05) is 13.7 Å². The zero-order chi connectivity index (χ0) is 16.6. The molecule has 7 nitrogen and oxygen atoms in total. The first kappa shape index (κ1) is 15.7. The van der Waals surface area contributed by atoms with Gasteiger partial charge in [-0.3, -0.25) is 4.90 Å². The minimum Gasteiger partial charge on any atom is -0.497 e. The molecule has 23 heavy (non-hydrogen) atoms. The zero-order valence-electron chi connectivity index (χ0n) is 14.3. The van der Waals surface area contributed by atoms with Gasteiger partial charge in [-0.15, -0.1) is 5.10 Å². The fourth-order valence-corrected chi connectivity index (χ4v) is 3.01. The van der Waals surface area contributed by atoms with Gasteiger partial charge in [-0.25, -0.2) is 4.68 Å². The Morgan fingerprint density at radius 3 is 2.78 bits per heavy atom. The van der Waals surface area contributed by atoms with Crippen LogP contribution in [0.4, 0.5) is 0 Å². The molecule has 1 atom stereocenters. The van der Waals surface area contributed by atoms with E-state index in [9.17, 15) is 0 Å². The molecule has 3 rings (SSSR count). The second kappa shape index (κ2) is 5.81.